The topological polar surface area (TPSA) is 41.6 Å². The second kappa shape index (κ2) is 7.29. The van der Waals surface area contributed by atoms with Crippen LogP contribution in [-0.2, 0) is 0 Å². The molecule has 0 aliphatic carbocycles. The van der Waals surface area contributed by atoms with E-state index in [9.17, 15) is 4.79 Å². The van der Waals surface area contributed by atoms with E-state index in [1.54, 1.807) is 19.2 Å². The van der Waals surface area contributed by atoms with Gasteiger partial charge in [-0.25, -0.2) is 0 Å². The molecule has 1 saturated heterocycles. The summed E-state index contributed by atoms with van der Waals surface area (Å²) >= 11 is 0. The summed E-state index contributed by atoms with van der Waals surface area (Å²) in [5.41, 5.74) is 0.689. The first kappa shape index (κ1) is 14.9. The van der Waals surface area contributed by atoms with Gasteiger partial charge in [0.1, 0.15) is 5.75 Å². The molecule has 0 saturated carbocycles. The molecule has 110 valence electrons. The summed E-state index contributed by atoms with van der Waals surface area (Å²) in [6.45, 7) is 3.12. The van der Waals surface area contributed by atoms with Crippen molar-refractivity contribution in [1.82, 2.24) is 10.2 Å². The minimum atomic E-state index is 0.000538. The van der Waals surface area contributed by atoms with E-state index < -0.39 is 0 Å². The van der Waals surface area contributed by atoms with Gasteiger partial charge in [0.05, 0.1) is 7.11 Å². The van der Waals surface area contributed by atoms with Gasteiger partial charge >= 0.3 is 0 Å². The second-order valence-corrected chi connectivity index (χ2v) is 5.52. The quantitative estimate of drug-likeness (QED) is 0.896. The van der Waals surface area contributed by atoms with E-state index >= 15 is 0 Å². The molecular formula is C16H24N2O2. The van der Waals surface area contributed by atoms with Crippen LogP contribution >= 0.6 is 0 Å². The summed E-state index contributed by atoms with van der Waals surface area (Å²) in [5, 5.41) is 3.00. The molecule has 0 atom stereocenters. The van der Waals surface area contributed by atoms with Crippen molar-refractivity contribution in [2.45, 2.75) is 19.3 Å². The molecule has 1 heterocycles. The predicted molar refractivity (Wildman–Crippen MR) is 80.2 cm³/mol. The van der Waals surface area contributed by atoms with Crippen LogP contribution in [0.2, 0.25) is 0 Å². The van der Waals surface area contributed by atoms with E-state index in [1.165, 1.54) is 25.9 Å². The van der Waals surface area contributed by atoms with E-state index in [1.807, 2.05) is 12.1 Å². The van der Waals surface area contributed by atoms with Gasteiger partial charge in [-0.2, -0.15) is 0 Å². The number of hydrogen-bond acceptors (Lipinski definition) is 3. The summed E-state index contributed by atoms with van der Waals surface area (Å²) in [5.74, 6) is 1.52. The summed E-state index contributed by atoms with van der Waals surface area (Å²) in [6.07, 6.45) is 3.57. The van der Waals surface area contributed by atoms with Gasteiger partial charge in [-0.1, -0.05) is 0 Å². The summed E-state index contributed by atoms with van der Waals surface area (Å²) in [6, 6.07) is 7.21. The minimum absolute atomic E-state index is 0.000538. The lowest BCUT2D eigenvalue weighted by atomic mass is 9.94. The van der Waals surface area contributed by atoms with Crippen molar-refractivity contribution < 1.29 is 9.53 Å². The fourth-order valence-corrected chi connectivity index (χ4v) is 2.59. The van der Waals surface area contributed by atoms with Gasteiger partial charge in [0.25, 0.3) is 5.91 Å². The smallest absolute Gasteiger partial charge is 0.251 e. The molecule has 1 aromatic rings. The normalized spacial score (nSPS) is 16.9. The zero-order valence-corrected chi connectivity index (χ0v) is 12.4. The van der Waals surface area contributed by atoms with E-state index in [0.717, 1.165) is 24.6 Å². The fraction of sp³-hybridized carbons (Fsp3) is 0.562. The average Bonchev–Trinajstić information content (AvgIpc) is 2.49. The molecule has 2 rings (SSSR count). The van der Waals surface area contributed by atoms with Gasteiger partial charge in [0, 0.05) is 12.1 Å². The van der Waals surface area contributed by atoms with E-state index in [2.05, 4.69) is 17.3 Å². The number of ether oxygens (including phenoxy) is 1. The molecule has 20 heavy (non-hydrogen) atoms. The molecule has 1 amide bonds. The first-order valence-electron chi connectivity index (χ1n) is 7.30. The summed E-state index contributed by atoms with van der Waals surface area (Å²) in [4.78, 5) is 14.3. The zero-order valence-electron chi connectivity index (χ0n) is 12.4. The Hall–Kier alpha value is -1.55. The number of hydrogen-bond donors (Lipinski definition) is 1. The SMILES string of the molecule is COc1ccc(C(=O)NCCC2CCN(C)CC2)cc1. The fourth-order valence-electron chi connectivity index (χ4n) is 2.59. The zero-order chi connectivity index (χ0) is 14.4. The molecule has 0 unspecified atom stereocenters. The van der Waals surface area contributed by atoms with Crippen LogP contribution in [0, 0.1) is 5.92 Å². The van der Waals surface area contributed by atoms with Gasteiger partial charge in [-0.3, -0.25) is 4.79 Å². The maximum absolute atomic E-state index is 12.0. The lowest BCUT2D eigenvalue weighted by Crippen LogP contribution is -2.32. The Morgan fingerprint density at radius 3 is 2.55 bits per heavy atom. The predicted octanol–water partition coefficient (Wildman–Crippen LogP) is 2.16. The third kappa shape index (κ3) is 4.23. The second-order valence-electron chi connectivity index (χ2n) is 5.52. The lowest BCUT2D eigenvalue weighted by molar-refractivity contribution is 0.0949. The van der Waals surface area contributed by atoms with E-state index in [4.69, 9.17) is 4.74 Å². The largest absolute Gasteiger partial charge is 0.497 e. The number of rotatable bonds is 5. The highest BCUT2D eigenvalue weighted by atomic mass is 16.5. The molecule has 4 heteroatoms. The van der Waals surface area contributed by atoms with E-state index in [-0.39, 0.29) is 5.91 Å². The Kier molecular flexibility index (Phi) is 5.41. The molecular weight excluding hydrogens is 252 g/mol. The number of nitrogens with one attached hydrogen (secondary N) is 1. The maximum Gasteiger partial charge on any atom is 0.251 e. The molecule has 4 nitrogen and oxygen atoms in total. The average molecular weight is 276 g/mol. The Morgan fingerprint density at radius 2 is 1.95 bits per heavy atom. The summed E-state index contributed by atoms with van der Waals surface area (Å²) < 4.78 is 5.08. The molecule has 0 bridgehead atoms. The third-order valence-electron chi connectivity index (χ3n) is 4.03. The Labute approximate surface area is 121 Å². The molecule has 1 aliphatic rings. The van der Waals surface area contributed by atoms with Crippen molar-refractivity contribution in [1.29, 1.82) is 0 Å². The molecule has 0 aromatic heterocycles. The van der Waals surface area contributed by atoms with Crippen molar-refractivity contribution in [2.75, 3.05) is 33.8 Å². The number of methoxy groups -OCH3 is 1. The van der Waals surface area contributed by atoms with Gasteiger partial charge in [-0.15, -0.1) is 0 Å². The van der Waals surface area contributed by atoms with Gasteiger partial charge in [-0.05, 0) is 69.6 Å². The number of piperidine rings is 1. The number of carbonyl (C=O) groups is 1. The van der Waals surface area contributed by atoms with Crippen molar-refractivity contribution >= 4 is 5.91 Å². The highest BCUT2D eigenvalue weighted by Crippen LogP contribution is 2.18. The molecule has 0 radical (unpaired) electrons. The Balaban J connectivity index is 1.71. The van der Waals surface area contributed by atoms with Crippen molar-refractivity contribution in [3.8, 4) is 5.75 Å². The first-order chi connectivity index (χ1) is 9.69. The van der Waals surface area contributed by atoms with Crippen LogP contribution in [0.5, 0.6) is 5.75 Å². The first-order valence-corrected chi connectivity index (χ1v) is 7.30. The van der Waals surface area contributed by atoms with Gasteiger partial charge < -0.3 is 15.0 Å². The highest BCUT2D eigenvalue weighted by molar-refractivity contribution is 5.94. The molecule has 1 aliphatic heterocycles. The third-order valence-corrected chi connectivity index (χ3v) is 4.03. The lowest BCUT2D eigenvalue weighted by Gasteiger charge is -2.28. The van der Waals surface area contributed by atoms with Crippen LogP contribution in [0.15, 0.2) is 24.3 Å². The van der Waals surface area contributed by atoms with Crippen molar-refractivity contribution in [2.24, 2.45) is 5.92 Å². The number of amides is 1. The van der Waals surface area contributed by atoms with Crippen LogP contribution in [0.4, 0.5) is 0 Å². The number of benzene rings is 1. The monoisotopic (exact) mass is 276 g/mol. The number of likely N-dealkylation sites (tertiary alicyclic amines) is 1. The maximum atomic E-state index is 12.0. The Bertz CT molecular complexity index is 423. The summed E-state index contributed by atoms with van der Waals surface area (Å²) in [7, 11) is 3.79. The highest BCUT2D eigenvalue weighted by Gasteiger charge is 2.16. The van der Waals surface area contributed by atoms with Gasteiger partial charge in [0.15, 0.2) is 0 Å². The van der Waals surface area contributed by atoms with Crippen LogP contribution < -0.4 is 10.1 Å². The number of carbonyl (C=O) groups excluding carboxylic acids is 1. The number of nitrogens with zero attached hydrogens (tertiary/aromatic N) is 1. The molecule has 1 N–H and O–H groups in total. The Morgan fingerprint density at radius 1 is 1.30 bits per heavy atom. The van der Waals surface area contributed by atoms with Crippen molar-refractivity contribution in [3.63, 3.8) is 0 Å². The van der Waals surface area contributed by atoms with Crippen LogP contribution in [-0.4, -0.2) is 44.6 Å². The molecule has 0 spiro atoms. The van der Waals surface area contributed by atoms with Crippen LogP contribution in [0.1, 0.15) is 29.6 Å². The molecule has 1 aromatic carbocycles. The van der Waals surface area contributed by atoms with Gasteiger partial charge in [0.2, 0.25) is 0 Å². The minimum Gasteiger partial charge on any atom is -0.497 e. The van der Waals surface area contributed by atoms with E-state index in [0.29, 0.717) is 5.56 Å². The van der Waals surface area contributed by atoms with Crippen LogP contribution in [0.25, 0.3) is 0 Å². The van der Waals surface area contributed by atoms with Crippen LogP contribution in [0.3, 0.4) is 0 Å². The molecule has 1 fully saturated rings. The standard InChI is InChI=1S/C16H24N2O2/c1-18-11-8-13(9-12-18)7-10-17-16(19)14-3-5-15(20-2)6-4-14/h3-6,13H,7-12H2,1-2H3,(H,17,19). The van der Waals surface area contributed by atoms with Crippen molar-refractivity contribution in [3.05, 3.63) is 29.8 Å².